The molecule has 0 heterocycles. The van der Waals surface area contributed by atoms with Crippen molar-refractivity contribution in [3.8, 4) is 0 Å². The molecule has 6 heteroatoms. The first kappa shape index (κ1) is 15.8. The van der Waals surface area contributed by atoms with Gasteiger partial charge in [-0.1, -0.05) is 18.5 Å². The molecule has 0 unspecified atom stereocenters. The molecule has 5 nitrogen and oxygen atoms in total. The smallest absolute Gasteiger partial charge is 0.250 e. The summed E-state index contributed by atoms with van der Waals surface area (Å²) in [7, 11) is 0. The van der Waals surface area contributed by atoms with Gasteiger partial charge in [-0.3, -0.25) is 4.79 Å². The monoisotopic (exact) mass is 286 g/mol. The number of nitrogens with two attached hydrogens (primary N) is 1. The van der Waals surface area contributed by atoms with Gasteiger partial charge in [0.05, 0.1) is 23.9 Å². The molecule has 19 heavy (non-hydrogen) atoms. The van der Waals surface area contributed by atoms with Gasteiger partial charge < -0.3 is 20.5 Å². The summed E-state index contributed by atoms with van der Waals surface area (Å²) in [4.78, 5) is 11.6. The van der Waals surface area contributed by atoms with Crippen molar-refractivity contribution in [1.82, 2.24) is 0 Å². The topological polar surface area (TPSA) is 73.6 Å². The number of benzene rings is 1. The molecule has 1 amide bonds. The molecule has 0 aliphatic carbocycles. The van der Waals surface area contributed by atoms with Crippen LogP contribution in [0.2, 0.25) is 5.02 Å². The number of anilines is 2. The van der Waals surface area contributed by atoms with Crippen LogP contribution in [0.1, 0.15) is 13.3 Å². The highest BCUT2D eigenvalue weighted by Gasteiger charge is 2.06. The van der Waals surface area contributed by atoms with Crippen molar-refractivity contribution in [1.29, 1.82) is 0 Å². The standard InChI is InChI=1S/C13H19ClN2O3/c1-2-5-18-6-7-19-9-13(17)16-12-4-3-10(15)8-11(12)14/h3-4,8H,2,5-7,9,15H2,1H3,(H,16,17). The minimum absolute atomic E-state index is 0.0316. The summed E-state index contributed by atoms with van der Waals surface area (Å²) < 4.78 is 10.4. The van der Waals surface area contributed by atoms with Crippen molar-refractivity contribution < 1.29 is 14.3 Å². The summed E-state index contributed by atoms with van der Waals surface area (Å²) in [5.74, 6) is -0.262. The molecule has 0 bridgehead atoms. The lowest BCUT2D eigenvalue weighted by molar-refractivity contribution is -0.121. The van der Waals surface area contributed by atoms with Crippen molar-refractivity contribution in [2.24, 2.45) is 0 Å². The fourth-order valence-electron chi connectivity index (χ4n) is 1.35. The number of hydrogen-bond acceptors (Lipinski definition) is 4. The Morgan fingerprint density at radius 3 is 2.74 bits per heavy atom. The number of ether oxygens (including phenoxy) is 2. The van der Waals surface area contributed by atoms with Gasteiger partial charge in [0.25, 0.3) is 0 Å². The molecular formula is C13H19ClN2O3. The van der Waals surface area contributed by atoms with Crippen molar-refractivity contribution in [2.45, 2.75) is 13.3 Å². The summed E-state index contributed by atoms with van der Waals surface area (Å²) in [5.41, 5.74) is 6.63. The molecule has 0 saturated carbocycles. The molecule has 106 valence electrons. The number of carbonyl (C=O) groups is 1. The molecular weight excluding hydrogens is 268 g/mol. The highest BCUT2D eigenvalue weighted by atomic mass is 35.5. The molecule has 0 radical (unpaired) electrons. The lowest BCUT2D eigenvalue weighted by Crippen LogP contribution is -2.20. The van der Waals surface area contributed by atoms with E-state index in [9.17, 15) is 4.79 Å². The molecule has 0 fully saturated rings. The van der Waals surface area contributed by atoms with Gasteiger partial charge in [-0.15, -0.1) is 0 Å². The Bertz CT molecular complexity index is 413. The van der Waals surface area contributed by atoms with Gasteiger partial charge in [-0.05, 0) is 24.6 Å². The molecule has 1 aromatic rings. The predicted octanol–water partition coefficient (Wildman–Crippen LogP) is 2.30. The van der Waals surface area contributed by atoms with Crippen LogP contribution in [-0.4, -0.2) is 32.3 Å². The number of amides is 1. The van der Waals surface area contributed by atoms with Gasteiger partial charge in [0.2, 0.25) is 5.91 Å². The first-order chi connectivity index (χ1) is 9.13. The minimum atomic E-state index is -0.262. The third-order valence-electron chi connectivity index (χ3n) is 2.22. The lowest BCUT2D eigenvalue weighted by atomic mass is 10.3. The van der Waals surface area contributed by atoms with Gasteiger partial charge in [-0.25, -0.2) is 0 Å². The van der Waals surface area contributed by atoms with E-state index in [1.54, 1.807) is 18.2 Å². The van der Waals surface area contributed by atoms with Crippen molar-refractivity contribution in [2.75, 3.05) is 37.5 Å². The average molecular weight is 287 g/mol. The second-order valence-electron chi connectivity index (χ2n) is 3.95. The highest BCUT2D eigenvalue weighted by molar-refractivity contribution is 6.34. The normalized spacial score (nSPS) is 10.4. The first-order valence-electron chi connectivity index (χ1n) is 6.14. The first-order valence-corrected chi connectivity index (χ1v) is 6.51. The van der Waals surface area contributed by atoms with E-state index in [1.807, 2.05) is 6.92 Å². The van der Waals surface area contributed by atoms with Crippen LogP contribution in [-0.2, 0) is 14.3 Å². The molecule has 0 aliphatic rings. The number of halogens is 1. The van der Waals surface area contributed by atoms with Gasteiger partial charge in [0, 0.05) is 12.3 Å². The summed E-state index contributed by atoms with van der Waals surface area (Å²) in [6, 6.07) is 4.90. The average Bonchev–Trinajstić information content (AvgIpc) is 2.37. The maximum absolute atomic E-state index is 11.6. The van der Waals surface area contributed by atoms with E-state index in [2.05, 4.69) is 5.32 Å². The summed E-state index contributed by atoms with van der Waals surface area (Å²) in [5, 5.41) is 3.05. The van der Waals surface area contributed by atoms with Crippen LogP contribution in [0.5, 0.6) is 0 Å². The van der Waals surface area contributed by atoms with Crippen molar-refractivity contribution >= 4 is 28.9 Å². The van der Waals surface area contributed by atoms with Crippen LogP contribution in [0, 0.1) is 0 Å². The molecule has 0 spiro atoms. The maximum Gasteiger partial charge on any atom is 0.250 e. The zero-order valence-corrected chi connectivity index (χ0v) is 11.7. The summed E-state index contributed by atoms with van der Waals surface area (Å²) >= 11 is 5.94. The van der Waals surface area contributed by atoms with Crippen LogP contribution < -0.4 is 11.1 Å². The second-order valence-corrected chi connectivity index (χ2v) is 4.36. The van der Waals surface area contributed by atoms with Crippen LogP contribution >= 0.6 is 11.6 Å². The van der Waals surface area contributed by atoms with Crippen LogP contribution in [0.15, 0.2) is 18.2 Å². The second kappa shape index (κ2) is 8.74. The number of carbonyl (C=O) groups excluding carboxylic acids is 1. The van der Waals surface area contributed by atoms with E-state index in [1.165, 1.54) is 0 Å². The molecule has 1 rings (SSSR count). The van der Waals surface area contributed by atoms with Crippen LogP contribution in [0.25, 0.3) is 0 Å². The van der Waals surface area contributed by atoms with Crippen LogP contribution in [0.3, 0.4) is 0 Å². The number of nitrogen functional groups attached to an aromatic ring is 1. The van der Waals surface area contributed by atoms with E-state index in [0.29, 0.717) is 36.2 Å². The fraction of sp³-hybridized carbons (Fsp3) is 0.462. The Hall–Kier alpha value is -1.30. The molecule has 0 saturated heterocycles. The van der Waals surface area contributed by atoms with Crippen molar-refractivity contribution in [3.63, 3.8) is 0 Å². The Balaban J connectivity index is 2.23. The zero-order chi connectivity index (χ0) is 14.1. The lowest BCUT2D eigenvalue weighted by Gasteiger charge is -2.08. The maximum atomic E-state index is 11.6. The van der Waals surface area contributed by atoms with E-state index >= 15 is 0 Å². The quantitative estimate of drug-likeness (QED) is 0.568. The SMILES string of the molecule is CCCOCCOCC(=O)Nc1ccc(N)cc1Cl. The summed E-state index contributed by atoms with van der Waals surface area (Å²) in [6.45, 7) is 3.59. The number of hydrogen-bond donors (Lipinski definition) is 2. The van der Waals surface area contributed by atoms with Gasteiger partial charge in [0.1, 0.15) is 6.61 Å². The van der Waals surface area contributed by atoms with E-state index < -0.39 is 0 Å². The van der Waals surface area contributed by atoms with E-state index in [-0.39, 0.29) is 12.5 Å². The number of nitrogens with one attached hydrogen (secondary N) is 1. The van der Waals surface area contributed by atoms with Gasteiger partial charge in [-0.2, -0.15) is 0 Å². The Kier molecular flexibility index (Phi) is 7.25. The minimum Gasteiger partial charge on any atom is -0.399 e. The van der Waals surface area contributed by atoms with Crippen molar-refractivity contribution in [3.05, 3.63) is 23.2 Å². The number of rotatable bonds is 8. The predicted molar refractivity (Wildman–Crippen MR) is 76.4 cm³/mol. The Morgan fingerprint density at radius 2 is 2.05 bits per heavy atom. The largest absolute Gasteiger partial charge is 0.399 e. The fourth-order valence-corrected chi connectivity index (χ4v) is 1.58. The Labute approximate surface area is 118 Å². The Morgan fingerprint density at radius 1 is 1.32 bits per heavy atom. The summed E-state index contributed by atoms with van der Waals surface area (Å²) in [6.07, 6.45) is 0.968. The third-order valence-corrected chi connectivity index (χ3v) is 2.53. The molecule has 0 aliphatic heterocycles. The van der Waals surface area contributed by atoms with E-state index in [4.69, 9.17) is 26.8 Å². The van der Waals surface area contributed by atoms with Crippen LogP contribution in [0.4, 0.5) is 11.4 Å². The molecule has 0 aromatic heterocycles. The zero-order valence-electron chi connectivity index (χ0n) is 10.9. The van der Waals surface area contributed by atoms with Gasteiger partial charge in [0.15, 0.2) is 0 Å². The molecule has 3 N–H and O–H groups in total. The van der Waals surface area contributed by atoms with Gasteiger partial charge >= 0.3 is 0 Å². The molecule has 0 atom stereocenters. The third kappa shape index (κ3) is 6.42. The van der Waals surface area contributed by atoms with E-state index in [0.717, 1.165) is 6.42 Å². The molecule has 1 aromatic carbocycles. The highest BCUT2D eigenvalue weighted by Crippen LogP contribution is 2.23.